The molecular weight excluding hydrogens is 400 g/mol. The standard InChI is InChI=1S/C32H54O/c1-9-23(21(2)3)11-10-22(4)24-14-16-30(8)26-13-12-25-28(5,6)27(33)15-17-31(25)20-32(26,31)19-18-29(24,30)7/h22-27,33H,2,9-20H2,1,3-8H3/t22-,23?,24-,25-,26-,27-,29+,30-,31+,32-/m0/s1. The van der Waals surface area contributed by atoms with Gasteiger partial charge in [0.05, 0.1) is 6.10 Å². The SMILES string of the molecule is C=C(C)C(CC)CC[C@H](C)[C@@H]1CC[C@@]2(C)[C@@H]3CC[C@H]4C(C)(C)[C@@H](O)CC[C@@]45C[C@@]35CC[C@]12C. The van der Waals surface area contributed by atoms with E-state index in [0.717, 1.165) is 30.1 Å². The molecule has 0 amide bonds. The molecule has 5 rings (SSSR count). The first-order valence-electron chi connectivity index (χ1n) is 14.7. The molecule has 10 atom stereocenters. The molecule has 2 spiro atoms. The largest absolute Gasteiger partial charge is 0.393 e. The van der Waals surface area contributed by atoms with Crippen LogP contribution in [0.2, 0.25) is 0 Å². The molecule has 0 saturated heterocycles. The van der Waals surface area contributed by atoms with E-state index < -0.39 is 0 Å². The molecule has 1 N–H and O–H groups in total. The first-order valence-corrected chi connectivity index (χ1v) is 14.7. The van der Waals surface area contributed by atoms with Crippen LogP contribution in [0, 0.1) is 56.7 Å². The summed E-state index contributed by atoms with van der Waals surface area (Å²) in [6, 6.07) is 0. The Hall–Kier alpha value is -0.300. The first-order chi connectivity index (χ1) is 15.4. The number of aliphatic hydroxyl groups excluding tert-OH is 1. The maximum Gasteiger partial charge on any atom is 0.0594 e. The van der Waals surface area contributed by atoms with Crippen molar-refractivity contribution in [3.63, 3.8) is 0 Å². The molecule has 1 unspecified atom stereocenters. The maximum absolute atomic E-state index is 10.9. The van der Waals surface area contributed by atoms with Crippen molar-refractivity contribution in [3.8, 4) is 0 Å². The second kappa shape index (κ2) is 7.60. The predicted octanol–water partition coefficient (Wildman–Crippen LogP) is 8.81. The Morgan fingerprint density at radius 2 is 1.55 bits per heavy atom. The fourth-order valence-electron chi connectivity index (χ4n) is 11.8. The van der Waals surface area contributed by atoms with E-state index in [0.29, 0.717) is 27.6 Å². The van der Waals surface area contributed by atoms with Gasteiger partial charge in [-0.05, 0) is 141 Å². The molecule has 188 valence electrons. The fourth-order valence-corrected chi connectivity index (χ4v) is 11.8. The molecule has 33 heavy (non-hydrogen) atoms. The van der Waals surface area contributed by atoms with Gasteiger partial charge in [0.2, 0.25) is 0 Å². The van der Waals surface area contributed by atoms with Crippen LogP contribution >= 0.6 is 0 Å². The van der Waals surface area contributed by atoms with Crippen molar-refractivity contribution in [1.29, 1.82) is 0 Å². The summed E-state index contributed by atoms with van der Waals surface area (Å²) in [5, 5.41) is 10.9. The van der Waals surface area contributed by atoms with E-state index in [-0.39, 0.29) is 11.5 Å². The lowest BCUT2D eigenvalue weighted by molar-refractivity contribution is -0.161. The van der Waals surface area contributed by atoms with Gasteiger partial charge in [0.1, 0.15) is 0 Å². The second-order valence-electron chi connectivity index (χ2n) is 15.0. The van der Waals surface area contributed by atoms with E-state index in [1.165, 1.54) is 76.2 Å². The number of hydrogen-bond acceptors (Lipinski definition) is 1. The van der Waals surface area contributed by atoms with E-state index in [2.05, 4.69) is 55.0 Å². The number of rotatable bonds is 6. The van der Waals surface area contributed by atoms with Gasteiger partial charge in [-0.15, -0.1) is 0 Å². The van der Waals surface area contributed by atoms with Crippen molar-refractivity contribution >= 4 is 0 Å². The second-order valence-corrected chi connectivity index (χ2v) is 15.0. The Balaban J connectivity index is 1.37. The topological polar surface area (TPSA) is 20.2 Å². The zero-order valence-corrected chi connectivity index (χ0v) is 23.1. The summed E-state index contributed by atoms with van der Waals surface area (Å²) in [5.74, 6) is 4.14. The third-order valence-electron chi connectivity index (χ3n) is 14.0. The molecule has 5 fully saturated rings. The van der Waals surface area contributed by atoms with Crippen LogP contribution < -0.4 is 0 Å². The fraction of sp³-hybridized carbons (Fsp3) is 0.938. The Bertz CT molecular complexity index is 796. The number of fused-ring (bicyclic) bond motifs is 2. The molecule has 5 aliphatic carbocycles. The van der Waals surface area contributed by atoms with Crippen LogP contribution in [0.4, 0.5) is 0 Å². The van der Waals surface area contributed by atoms with Crippen molar-refractivity contribution in [2.75, 3.05) is 0 Å². The molecule has 1 heteroatoms. The average Bonchev–Trinajstić information content (AvgIpc) is 3.34. The molecule has 0 bridgehead atoms. The molecule has 5 aliphatic rings. The lowest BCUT2D eigenvalue weighted by atomic mass is 9.41. The molecule has 0 heterocycles. The van der Waals surface area contributed by atoms with Crippen molar-refractivity contribution < 1.29 is 5.11 Å². The van der Waals surface area contributed by atoms with E-state index >= 15 is 0 Å². The highest BCUT2D eigenvalue weighted by Crippen LogP contribution is 2.89. The van der Waals surface area contributed by atoms with E-state index in [9.17, 15) is 5.11 Å². The summed E-state index contributed by atoms with van der Waals surface area (Å²) >= 11 is 0. The summed E-state index contributed by atoms with van der Waals surface area (Å²) < 4.78 is 0. The summed E-state index contributed by atoms with van der Waals surface area (Å²) in [5.41, 5.74) is 3.74. The van der Waals surface area contributed by atoms with Crippen molar-refractivity contribution in [1.82, 2.24) is 0 Å². The Kier molecular flexibility index (Phi) is 5.62. The van der Waals surface area contributed by atoms with Crippen LogP contribution in [-0.2, 0) is 0 Å². The van der Waals surface area contributed by atoms with Gasteiger partial charge >= 0.3 is 0 Å². The number of hydrogen-bond donors (Lipinski definition) is 1. The highest BCUT2D eigenvalue weighted by molar-refractivity contribution is 5.30. The van der Waals surface area contributed by atoms with Crippen molar-refractivity contribution in [2.45, 2.75) is 132 Å². The van der Waals surface area contributed by atoms with E-state index in [1.807, 2.05) is 0 Å². The number of aliphatic hydroxyl groups is 1. The monoisotopic (exact) mass is 454 g/mol. The van der Waals surface area contributed by atoms with E-state index in [1.54, 1.807) is 0 Å². The third kappa shape index (κ3) is 2.99. The summed E-state index contributed by atoms with van der Waals surface area (Å²) in [7, 11) is 0. The van der Waals surface area contributed by atoms with Gasteiger partial charge in [0.15, 0.2) is 0 Å². The van der Waals surface area contributed by atoms with Crippen molar-refractivity contribution in [3.05, 3.63) is 12.2 Å². The lowest BCUT2D eigenvalue weighted by Gasteiger charge is -2.63. The third-order valence-corrected chi connectivity index (χ3v) is 14.0. The van der Waals surface area contributed by atoms with Gasteiger partial charge in [0.25, 0.3) is 0 Å². The Labute approximate surface area is 205 Å². The summed E-state index contributed by atoms with van der Waals surface area (Å²) in [6.45, 7) is 21.7. The maximum atomic E-state index is 10.9. The van der Waals surface area contributed by atoms with Crippen LogP contribution in [-0.4, -0.2) is 11.2 Å². The van der Waals surface area contributed by atoms with Gasteiger partial charge in [-0.3, -0.25) is 0 Å². The summed E-state index contributed by atoms with van der Waals surface area (Å²) in [6.07, 6.45) is 16.4. The molecule has 0 radical (unpaired) electrons. The molecular formula is C32H54O. The van der Waals surface area contributed by atoms with Crippen LogP contribution in [0.5, 0.6) is 0 Å². The number of allylic oxidation sites excluding steroid dienone is 1. The van der Waals surface area contributed by atoms with Crippen molar-refractivity contribution in [2.24, 2.45) is 56.7 Å². The van der Waals surface area contributed by atoms with Crippen LogP contribution in [0.25, 0.3) is 0 Å². The molecule has 1 nitrogen and oxygen atoms in total. The molecule has 0 aromatic rings. The lowest BCUT2D eigenvalue weighted by Crippen LogP contribution is -2.57. The Morgan fingerprint density at radius 3 is 2.21 bits per heavy atom. The smallest absolute Gasteiger partial charge is 0.0594 e. The minimum atomic E-state index is -0.0883. The average molecular weight is 455 g/mol. The zero-order valence-electron chi connectivity index (χ0n) is 23.1. The molecule has 0 aliphatic heterocycles. The highest BCUT2D eigenvalue weighted by Gasteiger charge is 2.82. The van der Waals surface area contributed by atoms with Gasteiger partial charge in [-0.25, -0.2) is 0 Å². The van der Waals surface area contributed by atoms with Gasteiger partial charge in [-0.2, -0.15) is 0 Å². The van der Waals surface area contributed by atoms with Gasteiger partial charge in [-0.1, -0.05) is 53.7 Å². The van der Waals surface area contributed by atoms with Crippen LogP contribution in [0.15, 0.2) is 12.2 Å². The minimum Gasteiger partial charge on any atom is -0.393 e. The Morgan fingerprint density at radius 1 is 0.879 bits per heavy atom. The molecule has 0 aromatic heterocycles. The summed E-state index contributed by atoms with van der Waals surface area (Å²) in [4.78, 5) is 0. The molecule has 0 aromatic carbocycles. The zero-order chi connectivity index (χ0) is 24.0. The highest BCUT2D eigenvalue weighted by atomic mass is 16.3. The van der Waals surface area contributed by atoms with Gasteiger partial charge < -0.3 is 5.11 Å². The normalized spacial score (nSPS) is 51.5. The minimum absolute atomic E-state index is 0.0883. The van der Waals surface area contributed by atoms with Crippen LogP contribution in [0.1, 0.15) is 126 Å². The van der Waals surface area contributed by atoms with Crippen LogP contribution in [0.3, 0.4) is 0 Å². The predicted molar refractivity (Wildman–Crippen MR) is 140 cm³/mol. The molecule has 5 saturated carbocycles. The quantitative estimate of drug-likeness (QED) is 0.397. The van der Waals surface area contributed by atoms with E-state index in [4.69, 9.17) is 0 Å². The first kappa shape index (κ1) is 24.4. The van der Waals surface area contributed by atoms with Gasteiger partial charge in [0, 0.05) is 0 Å².